The molecular weight excluding hydrogens is 446 g/mol. The van der Waals surface area contributed by atoms with E-state index in [1.165, 1.54) is 22.5 Å². The van der Waals surface area contributed by atoms with Crippen LogP contribution in [0.2, 0.25) is 0 Å². The molecule has 1 fully saturated rings. The number of carbonyl (C=O) groups is 3. The number of carbonyl (C=O) groups excluding carboxylic acids is 3. The summed E-state index contributed by atoms with van der Waals surface area (Å²) in [6.45, 7) is 2.31. The zero-order chi connectivity index (χ0) is 23.0. The Labute approximate surface area is 193 Å². The van der Waals surface area contributed by atoms with Crippen molar-refractivity contribution in [2.75, 3.05) is 24.7 Å². The normalized spacial score (nSPS) is 19.5. The van der Waals surface area contributed by atoms with Gasteiger partial charge in [-0.05, 0) is 42.6 Å². The third kappa shape index (κ3) is 3.82. The van der Waals surface area contributed by atoms with Crippen LogP contribution in [-0.2, 0) is 21.7 Å². The van der Waals surface area contributed by atoms with E-state index in [1.54, 1.807) is 37.3 Å². The van der Waals surface area contributed by atoms with Crippen molar-refractivity contribution < 1.29 is 28.3 Å². The van der Waals surface area contributed by atoms with E-state index in [0.717, 1.165) is 9.78 Å². The number of urea groups is 1. The first-order valence-electron chi connectivity index (χ1n) is 10.4. The van der Waals surface area contributed by atoms with Crippen LogP contribution in [0.1, 0.15) is 17.6 Å². The maximum atomic E-state index is 13.4. The Hall–Kier alpha value is -3.79. The maximum absolute atomic E-state index is 13.4. The van der Waals surface area contributed by atoms with Gasteiger partial charge in [-0.3, -0.25) is 14.5 Å². The van der Waals surface area contributed by atoms with Gasteiger partial charge in [-0.2, -0.15) is 0 Å². The summed E-state index contributed by atoms with van der Waals surface area (Å²) in [4.78, 5) is 42.6. The van der Waals surface area contributed by atoms with Gasteiger partial charge in [0.25, 0.3) is 5.91 Å². The van der Waals surface area contributed by atoms with Crippen LogP contribution < -0.4 is 19.7 Å². The molecule has 9 nitrogen and oxygen atoms in total. The van der Waals surface area contributed by atoms with Gasteiger partial charge in [0.1, 0.15) is 25.5 Å². The highest BCUT2D eigenvalue weighted by Gasteiger charge is 2.51. The average molecular weight is 468 g/mol. The molecule has 0 aliphatic carbocycles. The molecule has 33 heavy (non-hydrogen) atoms. The van der Waals surface area contributed by atoms with Gasteiger partial charge in [0.05, 0.1) is 12.8 Å². The van der Waals surface area contributed by atoms with Gasteiger partial charge < -0.3 is 24.1 Å². The van der Waals surface area contributed by atoms with Crippen LogP contribution >= 0.6 is 11.3 Å². The van der Waals surface area contributed by atoms with Crippen LogP contribution in [0.5, 0.6) is 11.5 Å². The summed E-state index contributed by atoms with van der Waals surface area (Å²) in [5, 5.41) is 4.57. The number of hydrogen-bond acceptors (Lipinski definition) is 7. The molecule has 0 bridgehead atoms. The fourth-order valence-corrected chi connectivity index (χ4v) is 4.57. The number of nitrogens with zero attached hydrogens (tertiary/aromatic N) is 2. The fraction of sp³-hybridized carbons (Fsp3) is 0.261. The minimum atomic E-state index is -1.36. The first-order chi connectivity index (χ1) is 16.0. The molecule has 1 saturated heterocycles. The van der Waals surface area contributed by atoms with Crippen molar-refractivity contribution >= 4 is 34.9 Å². The molecule has 0 saturated carbocycles. The fourth-order valence-electron chi connectivity index (χ4n) is 3.87. The summed E-state index contributed by atoms with van der Waals surface area (Å²) in [6.07, 6.45) is 1.43. The second-order valence-corrected chi connectivity index (χ2v) is 8.84. The molecule has 10 heteroatoms. The Morgan fingerprint density at radius 3 is 2.70 bits per heavy atom. The van der Waals surface area contributed by atoms with Gasteiger partial charge in [0.2, 0.25) is 5.91 Å². The minimum absolute atomic E-state index is 0.287. The van der Waals surface area contributed by atoms with Crippen molar-refractivity contribution in [3.8, 4) is 11.5 Å². The second kappa shape index (κ2) is 8.28. The van der Waals surface area contributed by atoms with Crippen LogP contribution in [0.3, 0.4) is 0 Å². The van der Waals surface area contributed by atoms with E-state index in [0.29, 0.717) is 36.2 Å². The molecule has 3 aromatic rings. The van der Waals surface area contributed by atoms with E-state index in [-0.39, 0.29) is 6.54 Å². The topological polar surface area (TPSA) is 101 Å². The molecule has 0 radical (unpaired) electrons. The summed E-state index contributed by atoms with van der Waals surface area (Å²) in [5.41, 5.74) is -0.783. The number of rotatable bonds is 6. The Balaban J connectivity index is 1.42. The number of furan rings is 1. The highest BCUT2D eigenvalue weighted by molar-refractivity contribution is 7.09. The second-order valence-electron chi connectivity index (χ2n) is 7.81. The summed E-state index contributed by atoms with van der Waals surface area (Å²) in [6, 6.07) is 11.7. The Bertz CT molecular complexity index is 1190. The summed E-state index contributed by atoms with van der Waals surface area (Å²) in [7, 11) is 0. The van der Waals surface area contributed by atoms with Gasteiger partial charge in [0.15, 0.2) is 17.0 Å². The van der Waals surface area contributed by atoms with Crippen molar-refractivity contribution in [1.29, 1.82) is 0 Å². The predicted octanol–water partition coefficient (Wildman–Crippen LogP) is 3.11. The van der Waals surface area contributed by atoms with Crippen LogP contribution in [-0.4, -0.2) is 42.5 Å². The molecule has 2 aromatic heterocycles. The molecule has 1 atom stereocenters. The Morgan fingerprint density at radius 1 is 1.15 bits per heavy atom. The number of anilines is 1. The summed E-state index contributed by atoms with van der Waals surface area (Å²) >= 11 is 1.51. The van der Waals surface area contributed by atoms with Gasteiger partial charge in [-0.25, -0.2) is 4.79 Å². The zero-order valence-corrected chi connectivity index (χ0v) is 18.6. The van der Waals surface area contributed by atoms with E-state index in [2.05, 4.69) is 5.32 Å². The van der Waals surface area contributed by atoms with Gasteiger partial charge in [0, 0.05) is 16.6 Å². The molecule has 0 spiro atoms. The number of amides is 4. The third-order valence-electron chi connectivity index (χ3n) is 5.61. The predicted molar refractivity (Wildman–Crippen MR) is 119 cm³/mol. The molecule has 4 heterocycles. The van der Waals surface area contributed by atoms with E-state index < -0.39 is 29.9 Å². The maximum Gasteiger partial charge on any atom is 0.325 e. The lowest BCUT2D eigenvalue weighted by molar-refractivity contribution is -0.134. The van der Waals surface area contributed by atoms with Crippen LogP contribution in [0.15, 0.2) is 58.5 Å². The highest BCUT2D eigenvalue weighted by Crippen LogP contribution is 2.35. The summed E-state index contributed by atoms with van der Waals surface area (Å²) < 4.78 is 16.6. The molecule has 2 aliphatic heterocycles. The van der Waals surface area contributed by atoms with Gasteiger partial charge in [-0.15, -0.1) is 11.3 Å². The molecule has 4 amide bonds. The first-order valence-corrected chi connectivity index (χ1v) is 11.2. The monoisotopic (exact) mass is 467 g/mol. The molecular formula is C23H21N3O6S. The highest BCUT2D eigenvalue weighted by atomic mass is 32.1. The first kappa shape index (κ1) is 21.1. The van der Waals surface area contributed by atoms with E-state index in [9.17, 15) is 14.4 Å². The SMILES string of the molecule is CC1(c2ccco2)NC(=O)N(CC(=O)N(Cc2cccs2)c2ccc3c(c2)OCCO3)C1=O. The average Bonchev–Trinajstić information content (AvgIpc) is 3.57. The largest absolute Gasteiger partial charge is 0.486 e. The molecule has 1 unspecified atom stereocenters. The minimum Gasteiger partial charge on any atom is -0.486 e. The standard InChI is InChI=1S/C23H21N3O6S/c1-23(19-5-2-8-32-19)21(28)26(22(29)24-23)14-20(27)25(13-16-4-3-11-33-16)15-6-7-17-18(12-15)31-10-9-30-17/h2-8,11-12H,9-10,13-14H2,1H3,(H,24,29). The van der Waals surface area contributed by atoms with Crippen LogP contribution in [0, 0.1) is 0 Å². The number of hydrogen-bond donors (Lipinski definition) is 1. The lowest BCUT2D eigenvalue weighted by atomic mass is 9.99. The molecule has 170 valence electrons. The quantitative estimate of drug-likeness (QED) is 0.559. The lowest BCUT2D eigenvalue weighted by Crippen LogP contribution is -2.44. The number of imide groups is 1. The van der Waals surface area contributed by atoms with E-state index >= 15 is 0 Å². The van der Waals surface area contributed by atoms with E-state index in [4.69, 9.17) is 13.9 Å². The van der Waals surface area contributed by atoms with Gasteiger partial charge >= 0.3 is 6.03 Å². The summed E-state index contributed by atoms with van der Waals surface area (Å²) in [5.74, 6) is 0.499. The van der Waals surface area contributed by atoms with E-state index in [1.807, 2.05) is 17.5 Å². The Morgan fingerprint density at radius 2 is 1.97 bits per heavy atom. The molecule has 1 N–H and O–H groups in total. The third-order valence-corrected chi connectivity index (χ3v) is 6.48. The van der Waals surface area contributed by atoms with Crippen molar-refractivity contribution in [3.63, 3.8) is 0 Å². The smallest absolute Gasteiger partial charge is 0.325 e. The van der Waals surface area contributed by atoms with Crippen LogP contribution in [0.4, 0.5) is 10.5 Å². The zero-order valence-electron chi connectivity index (χ0n) is 17.8. The number of ether oxygens (including phenoxy) is 2. The lowest BCUT2D eigenvalue weighted by Gasteiger charge is -2.26. The van der Waals surface area contributed by atoms with Gasteiger partial charge in [-0.1, -0.05) is 6.07 Å². The van der Waals surface area contributed by atoms with Crippen LogP contribution in [0.25, 0.3) is 0 Å². The number of thiophene rings is 1. The van der Waals surface area contributed by atoms with Crippen molar-refractivity contribution in [3.05, 3.63) is 64.7 Å². The van der Waals surface area contributed by atoms with Crippen molar-refractivity contribution in [2.24, 2.45) is 0 Å². The number of benzene rings is 1. The Kier molecular flexibility index (Phi) is 5.29. The molecule has 2 aliphatic rings. The molecule has 1 aromatic carbocycles. The number of fused-ring (bicyclic) bond motifs is 1. The van der Waals surface area contributed by atoms with Crippen molar-refractivity contribution in [2.45, 2.75) is 19.0 Å². The number of nitrogens with one attached hydrogen (secondary N) is 1. The van der Waals surface area contributed by atoms with Crippen molar-refractivity contribution in [1.82, 2.24) is 10.2 Å². The molecule has 5 rings (SSSR count).